The predicted molar refractivity (Wildman–Crippen MR) is 131 cm³/mol. The van der Waals surface area contributed by atoms with E-state index in [1.807, 2.05) is 0 Å². The van der Waals surface area contributed by atoms with Crippen molar-refractivity contribution in [2.75, 3.05) is 11.9 Å². The van der Waals surface area contributed by atoms with Gasteiger partial charge in [-0.15, -0.1) is 0 Å². The molecule has 3 rings (SSSR count). The molecule has 3 aromatic rings. The summed E-state index contributed by atoms with van der Waals surface area (Å²) in [7, 11) is 0. The third-order valence-corrected chi connectivity index (χ3v) is 4.92. The number of rotatable bonds is 8. The molecule has 0 saturated carbocycles. The molecule has 1 amide bonds. The molecule has 0 aliphatic carbocycles. The number of nitriles is 1. The van der Waals surface area contributed by atoms with E-state index in [1.54, 1.807) is 25.1 Å². The Labute approximate surface area is 210 Å². The Bertz CT molecular complexity index is 1400. The van der Waals surface area contributed by atoms with Gasteiger partial charge in [0.15, 0.2) is 11.5 Å². The molecule has 0 fully saturated rings. The third kappa shape index (κ3) is 6.37. The van der Waals surface area contributed by atoms with Crippen molar-refractivity contribution in [3.05, 3.63) is 92.5 Å². The van der Waals surface area contributed by atoms with Crippen LogP contribution in [-0.2, 0) is 4.79 Å². The summed E-state index contributed by atoms with van der Waals surface area (Å²) >= 11 is 5.84. The van der Waals surface area contributed by atoms with Gasteiger partial charge in [0.2, 0.25) is 0 Å². The highest BCUT2D eigenvalue weighted by molar-refractivity contribution is 6.30. The Morgan fingerprint density at radius 2 is 1.86 bits per heavy atom. The molecule has 0 spiro atoms. The molecule has 0 bridgehead atoms. The van der Waals surface area contributed by atoms with Crippen LogP contribution in [0.5, 0.6) is 17.2 Å². The smallest absolute Gasteiger partial charge is 0.343 e. The lowest BCUT2D eigenvalue weighted by molar-refractivity contribution is -0.384. The average Bonchev–Trinajstić information content (AvgIpc) is 2.85. The molecule has 36 heavy (non-hydrogen) atoms. The van der Waals surface area contributed by atoms with Gasteiger partial charge in [-0.1, -0.05) is 17.7 Å². The van der Waals surface area contributed by atoms with Gasteiger partial charge < -0.3 is 19.9 Å². The molecule has 0 radical (unpaired) electrons. The van der Waals surface area contributed by atoms with Crippen LogP contribution in [0.4, 0.5) is 11.4 Å². The Hall–Kier alpha value is -4.88. The predicted octanol–water partition coefficient (Wildman–Crippen LogP) is 5.12. The number of anilines is 1. The number of hydrogen-bond donors (Lipinski definition) is 2. The number of benzene rings is 3. The minimum absolute atomic E-state index is 0.105. The number of hydrogen-bond acceptors (Lipinski definition) is 8. The van der Waals surface area contributed by atoms with E-state index in [0.29, 0.717) is 10.6 Å². The zero-order chi connectivity index (χ0) is 26.2. The number of aromatic hydroxyl groups is 1. The number of amides is 1. The maximum absolute atomic E-state index is 12.6. The first-order chi connectivity index (χ1) is 17.2. The van der Waals surface area contributed by atoms with Gasteiger partial charge in [0.25, 0.3) is 11.6 Å². The molecule has 3 aromatic carbocycles. The first kappa shape index (κ1) is 25.7. The summed E-state index contributed by atoms with van der Waals surface area (Å²) in [6.45, 7) is 1.99. The molecule has 0 atom stereocenters. The highest BCUT2D eigenvalue weighted by Crippen LogP contribution is 2.31. The van der Waals surface area contributed by atoms with E-state index in [-0.39, 0.29) is 40.6 Å². The Morgan fingerprint density at radius 3 is 2.47 bits per heavy atom. The van der Waals surface area contributed by atoms with E-state index >= 15 is 0 Å². The van der Waals surface area contributed by atoms with Crippen molar-refractivity contribution >= 4 is 40.9 Å². The summed E-state index contributed by atoms with van der Waals surface area (Å²) < 4.78 is 11.0. The van der Waals surface area contributed by atoms with Crippen molar-refractivity contribution in [3.63, 3.8) is 0 Å². The average molecular weight is 508 g/mol. The molecule has 182 valence electrons. The molecule has 10 nitrogen and oxygen atoms in total. The zero-order valence-corrected chi connectivity index (χ0v) is 19.5. The number of carbonyl (C=O) groups is 2. The minimum atomic E-state index is -0.849. The first-order valence-electron chi connectivity index (χ1n) is 10.4. The Kier molecular flexibility index (Phi) is 8.22. The highest BCUT2D eigenvalue weighted by Gasteiger charge is 2.17. The fourth-order valence-electron chi connectivity index (χ4n) is 2.96. The van der Waals surface area contributed by atoms with Crippen LogP contribution in [0.1, 0.15) is 22.8 Å². The van der Waals surface area contributed by atoms with E-state index in [0.717, 1.165) is 18.2 Å². The van der Waals surface area contributed by atoms with Gasteiger partial charge in [-0.05, 0) is 61.0 Å². The van der Waals surface area contributed by atoms with Crippen molar-refractivity contribution in [1.29, 1.82) is 5.26 Å². The highest BCUT2D eigenvalue weighted by atomic mass is 35.5. The summed E-state index contributed by atoms with van der Waals surface area (Å²) in [5, 5.41) is 33.0. The van der Waals surface area contributed by atoms with Crippen molar-refractivity contribution in [2.24, 2.45) is 0 Å². The van der Waals surface area contributed by atoms with E-state index in [9.17, 15) is 30.1 Å². The lowest BCUT2D eigenvalue weighted by Gasteiger charge is -2.12. The molecule has 2 N–H and O–H groups in total. The first-order valence-corrected chi connectivity index (χ1v) is 10.7. The standard InChI is InChI=1S/C25H18ClN3O7/c1-2-35-23-12-15(3-10-22(23)36-25(32)16-4-6-18(26)7-5-16)11-17(14-27)24(31)28-20-9-8-19(29(33)34)13-21(20)30/h3-13,30H,2H2,1H3,(H,28,31)/b17-11+. The van der Waals surface area contributed by atoms with Crippen LogP contribution in [0.2, 0.25) is 5.02 Å². The van der Waals surface area contributed by atoms with Gasteiger partial charge in [0, 0.05) is 11.1 Å². The minimum Gasteiger partial charge on any atom is -0.506 e. The molecule has 11 heteroatoms. The monoisotopic (exact) mass is 507 g/mol. The molecule has 0 aliphatic heterocycles. The molecule has 0 unspecified atom stereocenters. The maximum Gasteiger partial charge on any atom is 0.343 e. The Balaban J connectivity index is 1.82. The van der Waals surface area contributed by atoms with Crippen LogP contribution >= 0.6 is 11.6 Å². The van der Waals surface area contributed by atoms with Crippen LogP contribution in [0.15, 0.2) is 66.2 Å². The number of ether oxygens (including phenoxy) is 2. The third-order valence-electron chi connectivity index (χ3n) is 4.67. The van der Waals surface area contributed by atoms with Crippen LogP contribution in [0, 0.1) is 21.4 Å². The second-order valence-corrected chi connectivity index (χ2v) is 7.55. The number of nitrogens with zero attached hydrogens (tertiary/aromatic N) is 2. The van der Waals surface area contributed by atoms with Crippen molar-refractivity contribution < 1.29 is 29.1 Å². The summed E-state index contributed by atoms with van der Waals surface area (Å²) in [6, 6.07) is 15.5. The number of nitro groups is 1. The summed E-state index contributed by atoms with van der Waals surface area (Å²) in [4.78, 5) is 35.1. The van der Waals surface area contributed by atoms with Crippen LogP contribution in [-0.4, -0.2) is 28.5 Å². The second kappa shape index (κ2) is 11.5. The van der Waals surface area contributed by atoms with Gasteiger partial charge in [-0.3, -0.25) is 14.9 Å². The number of carbonyl (C=O) groups excluding carboxylic acids is 2. The maximum atomic E-state index is 12.6. The normalized spacial score (nSPS) is 10.8. The van der Waals surface area contributed by atoms with Crippen LogP contribution in [0.25, 0.3) is 6.08 Å². The van der Waals surface area contributed by atoms with E-state index in [2.05, 4.69) is 5.32 Å². The summed E-state index contributed by atoms with van der Waals surface area (Å²) in [5.74, 6) is -1.67. The summed E-state index contributed by atoms with van der Waals surface area (Å²) in [5.41, 5.74) is -0.109. The molecule has 0 aromatic heterocycles. The lowest BCUT2D eigenvalue weighted by atomic mass is 10.1. The largest absolute Gasteiger partial charge is 0.506 e. The molecule has 0 heterocycles. The quantitative estimate of drug-likeness (QED) is 0.0810. The Morgan fingerprint density at radius 1 is 1.14 bits per heavy atom. The van der Waals surface area contributed by atoms with Crippen LogP contribution < -0.4 is 14.8 Å². The van der Waals surface area contributed by atoms with Gasteiger partial charge in [0.1, 0.15) is 17.4 Å². The van der Waals surface area contributed by atoms with Gasteiger partial charge in [0.05, 0.1) is 28.8 Å². The van der Waals surface area contributed by atoms with Crippen molar-refractivity contribution in [1.82, 2.24) is 0 Å². The molecular formula is C25H18ClN3O7. The zero-order valence-electron chi connectivity index (χ0n) is 18.7. The summed E-state index contributed by atoms with van der Waals surface area (Å²) in [6.07, 6.45) is 1.27. The van der Waals surface area contributed by atoms with Gasteiger partial charge in [-0.2, -0.15) is 5.26 Å². The number of esters is 1. The number of phenolic OH excluding ortho intramolecular Hbond substituents is 1. The van der Waals surface area contributed by atoms with E-state index in [1.165, 1.54) is 36.4 Å². The number of phenols is 1. The molecule has 0 saturated heterocycles. The van der Waals surface area contributed by atoms with Gasteiger partial charge in [-0.25, -0.2) is 4.79 Å². The SMILES string of the molecule is CCOc1cc(/C=C(\C#N)C(=O)Nc2ccc([N+](=O)[O-])cc2O)ccc1OC(=O)c1ccc(Cl)cc1. The fourth-order valence-corrected chi connectivity index (χ4v) is 3.08. The second-order valence-electron chi connectivity index (χ2n) is 7.12. The van der Waals surface area contributed by atoms with Crippen molar-refractivity contribution in [3.8, 4) is 23.3 Å². The molecule has 0 aliphatic rings. The number of halogens is 1. The number of non-ortho nitro benzene ring substituents is 1. The van der Waals surface area contributed by atoms with E-state index in [4.69, 9.17) is 21.1 Å². The number of nitro benzene ring substituents is 1. The van der Waals surface area contributed by atoms with Crippen molar-refractivity contribution in [2.45, 2.75) is 6.92 Å². The van der Waals surface area contributed by atoms with Crippen LogP contribution in [0.3, 0.4) is 0 Å². The topological polar surface area (TPSA) is 152 Å². The lowest BCUT2D eigenvalue weighted by Crippen LogP contribution is -2.13. The van der Waals surface area contributed by atoms with E-state index < -0.39 is 22.5 Å². The molecular weight excluding hydrogens is 490 g/mol. The fraction of sp³-hybridized carbons (Fsp3) is 0.0800. The van der Waals surface area contributed by atoms with Gasteiger partial charge >= 0.3 is 5.97 Å². The number of nitrogens with one attached hydrogen (secondary N) is 1.